The fourth-order valence-corrected chi connectivity index (χ4v) is 4.13. The van der Waals surface area contributed by atoms with Crippen LogP contribution in [-0.4, -0.2) is 38.2 Å². The van der Waals surface area contributed by atoms with Gasteiger partial charge >= 0.3 is 0 Å². The lowest BCUT2D eigenvalue weighted by Gasteiger charge is -2.17. The molecule has 36 heavy (non-hydrogen) atoms. The molecule has 3 aromatic heterocycles. The first-order valence-corrected chi connectivity index (χ1v) is 11.9. The fourth-order valence-electron chi connectivity index (χ4n) is 4.13. The molecule has 8 heteroatoms. The van der Waals surface area contributed by atoms with E-state index in [0.717, 1.165) is 50.3 Å². The van der Waals surface area contributed by atoms with Gasteiger partial charge in [-0.25, -0.2) is 19.9 Å². The summed E-state index contributed by atoms with van der Waals surface area (Å²) >= 11 is 0. The highest BCUT2D eigenvalue weighted by Gasteiger charge is 2.12. The predicted molar refractivity (Wildman–Crippen MR) is 142 cm³/mol. The molecule has 0 radical (unpaired) electrons. The Labute approximate surface area is 209 Å². The van der Waals surface area contributed by atoms with Crippen molar-refractivity contribution in [1.29, 1.82) is 0 Å². The van der Waals surface area contributed by atoms with Crippen LogP contribution in [0.3, 0.4) is 0 Å². The van der Waals surface area contributed by atoms with Crippen molar-refractivity contribution in [1.82, 2.24) is 19.9 Å². The molecule has 0 bridgehead atoms. The third-order valence-corrected chi connectivity index (χ3v) is 6.03. The van der Waals surface area contributed by atoms with Gasteiger partial charge in [0.25, 0.3) is 0 Å². The molecule has 0 fully saturated rings. The first kappa shape index (κ1) is 23.4. The Bertz CT molecular complexity index is 1500. The van der Waals surface area contributed by atoms with Crippen LogP contribution in [0.5, 0.6) is 0 Å². The van der Waals surface area contributed by atoms with Crippen molar-refractivity contribution in [2.75, 3.05) is 23.8 Å². The zero-order valence-electron chi connectivity index (χ0n) is 20.5. The lowest BCUT2D eigenvalue weighted by molar-refractivity contribution is 0.311. The summed E-state index contributed by atoms with van der Waals surface area (Å²) in [7, 11) is 0. The van der Waals surface area contributed by atoms with Crippen LogP contribution >= 0.6 is 0 Å². The Morgan fingerprint density at radius 1 is 0.944 bits per heavy atom. The minimum Gasteiger partial charge on any atom is -0.464 e. The average Bonchev–Trinajstić information content (AvgIpc) is 3.27. The lowest BCUT2D eigenvalue weighted by Crippen LogP contribution is -2.09. The van der Waals surface area contributed by atoms with Crippen LogP contribution in [-0.2, 0) is 0 Å². The first-order valence-electron chi connectivity index (χ1n) is 11.9. The fraction of sp³-hybridized carbons (Fsp3) is 0.214. The summed E-state index contributed by atoms with van der Waals surface area (Å²) in [6.07, 6.45) is 5.34. The quantitative estimate of drug-likeness (QED) is 0.266. The van der Waals surface area contributed by atoms with Crippen LogP contribution in [0.1, 0.15) is 29.9 Å². The summed E-state index contributed by atoms with van der Waals surface area (Å²) in [6.45, 7) is 6.50. The van der Waals surface area contributed by atoms with E-state index in [1.807, 2.05) is 44.2 Å². The molecule has 0 spiro atoms. The van der Waals surface area contributed by atoms with E-state index in [9.17, 15) is 0 Å². The Morgan fingerprint density at radius 3 is 2.58 bits per heavy atom. The molecule has 1 atom stereocenters. The van der Waals surface area contributed by atoms with Crippen molar-refractivity contribution in [3.8, 4) is 22.4 Å². The molecule has 5 rings (SSSR count). The monoisotopic (exact) mass is 480 g/mol. The van der Waals surface area contributed by atoms with Crippen molar-refractivity contribution in [2.24, 2.45) is 0 Å². The standard InChI is InChI=1S/C28H28N6O2/c1-17-16-36-26-8-7-22(12-24(17)26)25-13-27(34-19(3)33-25)32-18(2)20-5-4-6-21(11-20)23-14-30-28(31-15-23)29-9-10-35/h4-8,11-16,18,35H,9-10H2,1-3H3,(H,29,30,31)(H,32,33,34)/t18-/m0/s1. The Hall–Kier alpha value is -4.30. The number of aliphatic hydroxyl groups excluding tert-OH is 1. The van der Waals surface area contributed by atoms with Gasteiger partial charge in [0.1, 0.15) is 17.2 Å². The summed E-state index contributed by atoms with van der Waals surface area (Å²) in [4.78, 5) is 18.0. The third kappa shape index (κ3) is 5.04. The molecule has 0 amide bonds. The number of nitrogens with zero attached hydrogens (tertiary/aromatic N) is 4. The largest absolute Gasteiger partial charge is 0.464 e. The van der Waals surface area contributed by atoms with Crippen LogP contribution in [0.4, 0.5) is 11.8 Å². The van der Waals surface area contributed by atoms with Crippen molar-refractivity contribution in [3.63, 3.8) is 0 Å². The highest BCUT2D eigenvalue weighted by atomic mass is 16.3. The number of nitrogens with one attached hydrogen (secondary N) is 2. The summed E-state index contributed by atoms with van der Waals surface area (Å²) in [5.41, 5.74) is 6.92. The zero-order chi connectivity index (χ0) is 25.1. The Morgan fingerprint density at radius 2 is 1.78 bits per heavy atom. The van der Waals surface area contributed by atoms with Crippen LogP contribution in [0.2, 0.25) is 0 Å². The van der Waals surface area contributed by atoms with Crippen molar-refractivity contribution in [3.05, 3.63) is 84.1 Å². The highest BCUT2D eigenvalue weighted by molar-refractivity contribution is 5.85. The second-order valence-corrected chi connectivity index (χ2v) is 8.75. The number of benzene rings is 2. The van der Waals surface area contributed by atoms with Gasteiger partial charge in [0.15, 0.2) is 0 Å². The number of rotatable bonds is 8. The third-order valence-electron chi connectivity index (χ3n) is 6.03. The van der Waals surface area contributed by atoms with E-state index in [1.54, 1.807) is 18.7 Å². The minimum atomic E-state index is 0.0112. The van der Waals surface area contributed by atoms with Gasteiger partial charge in [0.2, 0.25) is 5.95 Å². The van der Waals surface area contributed by atoms with Crippen LogP contribution < -0.4 is 10.6 Å². The molecule has 0 unspecified atom stereocenters. The number of fused-ring (bicyclic) bond motifs is 1. The van der Waals surface area contributed by atoms with Crippen molar-refractivity contribution < 1.29 is 9.52 Å². The lowest BCUT2D eigenvalue weighted by atomic mass is 10.0. The summed E-state index contributed by atoms with van der Waals surface area (Å²) in [5, 5.41) is 16.5. The number of furan rings is 1. The molecule has 8 nitrogen and oxygen atoms in total. The van der Waals surface area contributed by atoms with Gasteiger partial charge < -0.3 is 20.2 Å². The zero-order valence-corrected chi connectivity index (χ0v) is 20.5. The van der Waals surface area contributed by atoms with E-state index in [0.29, 0.717) is 18.3 Å². The molecule has 0 saturated heterocycles. The SMILES string of the molecule is Cc1nc(N[C@@H](C)c2cccc(-c3cnc(NCCO)nc3)c2)cc(-c2ccc3occ(C)c3c2)n1. The smallest absolute Gasteiger partial charge is 0.222 e. The maximum atomic E-state index is 8.94. The molecule has 0 saturated carbocycles. The Balaban J connectivity index is 1.36. The molecular weight excluding hydrogens is 452 g/mol. The molecule has 0 aliphatic carbocycles. The van der Waals surface area contributed by atoms with E-state index in [1.165, 1.54) is 0 Å². The maximum Gasteiger partial charge on any atom is 0.222 e. The van der Waals surface area contributed by atoms with E-state index >= 15 is 0 Å². The van der Waals surface area contributed by atoms with Crippen LogP contribution in [0.15, 0.2) is 71.6 Å². The van der Waals surface area contributed by atoms with E-state index in [-0.39, 0.29) is 12.6 Å². The van der Waals surface area contributed by atoms with Crippen molar-refractivity contribution >= 4 is 22.7 Å². The molecule has 0 aliphatic heterocycles. The second-order valence-electron chi connectivity index (χ2n) is 8.75. The molecule has 0 aliphatic rings. The molecule has 5 aromatic rings. The molecular formula is C28H28N6O2. The number of aromatic nitrogens is 4. The molecule has 2 aromatic carbocycles. The van der Waals surface area contributed by atoms with E-state index in [4.69, 9.17) is 9.52 Å². The van der Waals surface area contributed by atoms with Crippen LogP contribution in [0, 0.1) is 13.8 Å². The van der Waals surface area contributed by atoms with Crippen molar-refractivity contribution in [2.45, 2.75) is 26.8 Å². The highest BCUT2D eigenvalue weighted by Crippen LogP contribution is 2.29. The number of hydrogen-bond donors (Lipinski definition) is 3. The van der Waals surface area contributed by atoms with Gasteiger partial charge in [-0.3, -0.25) is 0 Å². The predicted octanol–water partition coefficient (Wildman–Crippen LogP) is 5.54. The second kappa shape index (κ2) is 10.1. The van der Waals surface area contributed by atoms with Crippen LogP contribution in [0.25, 0.3) is 33.4 Å². The maximum absolute atomic E-state index is 8.94. The van der Waals surface area contributed by atoms with Gasteiger partial charge in [-0.05, 0) is 61.7 Å². The number of hydrogen-bond acceptors (Lipinski definition) is 8. The normalized spacial score (nSPS) is 12.0. The average molecular weight is 481 g/mol. The van der Waals surface area contributed by atoms with E-state index in [2.05, 4.69) is 55.7 Å². The first-order chi connectivity index (χ1) is 17.5. The van der Waals surface area contributed by atoms with Gasteiger partial charge in [-0.15, -0.1) is 0 Å². The molecule has 3 N–H and O–H groups in total. The minimum absolute atomic E-state index is 0.0112. The van der Waals surface area contributed by atoms with E-state index < -0.39 is 0 Å². The topological polar surface area (TPSA) is 109 Å². The number of aliphatic hydroxyl groups is 1. The summed E-state index contributed by atoms with van der Waals surface area (Å²) in [6, 6.07) is 16.4. The van der Waals surface area contributed by atoms with Gasteiger partial charge in [0, 0.05) is 47.6 Å². The summed E-state index contributed by atoms with van der Waals surface area (Å²) < 4.78 is 5.59. The van der Waals surface area contributed by atoms with Gasteiger partial charge in [-0.2, -0.15) is 0 Å². The van der Waals surface area contributed by atoms with Gasteiger partial charge in [-0.1, -0.05) is 18.2 Å². The number of aryl methyl sites for hydroxylation is 2. The molecule has 3 heterocycles. The summed E-state index contributed by atoms with van der Waals surface area (Å²) in [5.74, 6) is 1.96. The Kier molecular flexibility index (Phi) is 6.60. The molecule has 182 valence electrons. The number of anilines is 2. The van der Waals surface area contributed by atoms with Gasteiger partial charge in [0.05, 0.1) is 18.6 Å².